The number of benzene rings is 1. The van der Waals surface area contributed by atoms with E-state index in [0.717, 1.165) is 24.8 Å². The van der Waals surface area contributed by atoms with E-state index in [-0.39, 0.29) is 17.7 Å². The standard InChI is InChI=1S/C16H20FNO/c1-2-15(19)16-13(9-12-7-8-14(16)18-12)10-3-5-11(17)6-4-10/h3-6,12-14,16,18H,2,7-9H2,1H3/t12?,13-,14-,16-/m0/s1. The number of carbonyl (C=O) groups excluding carboxylic acids is 1. The zero-order valence-corrected chi connectivity index (χ0v) is 11.2. The summed E-state index contributed by atoms with van der Waals surface area (Å²) in [7, 11) is 0. The van der Waals surface area contributed by atoms with E-state index >= 15 is 0 Å². The van der Waals surface area contributed by atoms with Crippen LogP contribution in [0.1, 0.15) is 44.1 Å². The van der Waals surface area contributed by atoms with Crippen LogP contribution < -0.4 is 5.32 Å². The number of hydrogen-bond donors (Lipinski definition) is 1. The molecule has 2 heterocycles. The number of ketones is 1. The van der Waals surface area contributed by atoms with Crippen LogP contribution in [0.25, 0.3) is 0 Å². The Morgan fingerprint density at radius 2 is 2.05 bits per heavy atom. The number of rotatable bonds is 3. The molecule has 2 bridgehead atoms. The third kappa shape index (κ3) is 2.32. The van der Waals surface area contributed by atoms with Crippen molar-refractivity contribution in [1.29, 1.82) is 0 Å². The SMILES string of the molecule is CCC(=O)[C@@H]1[C@@H]2CCC(C[C@H]1c1ccc(F)cc1)N2. The molecule has 2 nitrogen and oxygen atoms in total. The average molecular weight is 261 g/mol. The van der Waals surface area contributed by atoms with Crippen LogP contribution in [0.4, 0.5) is 4.39 Å². The van der Waals surface area contributed by atoms with E-state index in [1.54, 1.807) is 0 Å². The van der Waals surface area contributed by atoms with Gasteiger partial charge in [-0.05, 0) is 42.9 Å². The van der Waals surface area contributed by atoms with Crippen LogP contribution in [0, 0.1) is 11.7 Å². The number of halogens is 1. The minimum atomic E-state index is -0.209. The summed E-state index contributed by atoms with van der Waals surface area (Å²) < 4.78 is 13.1. The fourth-order valence-corrected chi connectivity index (χ4v) is 3.79. The van der Waals surface area contributed by atoms with Crippen molar-refractivity contribution in [2.75, 3.05) is 0 Å². The zero-order chi connectivity index (χ0) is 13.4. The summed E-state index contributed by atoms with van der Waals surface area (Å²) in [6.07, 6.45) is 3.85. The topological polar surface area (TPSA) is 29.1 Å². The molecule has 0 spiro atoms. The summed E-state index contributed by atoms with van der Waals surface area (Å²) >= 11 is 0. The van der Waals surface area contributed by atoms with Gasteiger partial charge < -0.3 is 5.32 Å². The Bertz CT molecular complexity index is 470. The number of fused-ring (bicyclic) bond motifs is 2. The Morgan fingerprint density at radius 3 is 2.74 bits per heavy atom. The van der Waals surface area contributed by atoms with Crippen LogP contribution in [0.5, 0.6) is 0 Å². The number of hydrogen-bond acceptors (Lipinski definition) is 2. The Hall–Kier alpha value is -1.22. The van der Waals surface area contributed by atoms with E-state index in [4.69, 9.17) is 0 Å². The number of nitrogens with one attached hydrogen (secondary N) is 1. The molecule has 0 aromatic heterocycles. The molecule has 2 saturated heterocycles. The van der Waals surface area contributed by atoms with E-state index in [2.05, 4.69) is 5.32 Å². The minimum Gasteiger partial charge on any atom is -0.310 e. The molecule has 2 fully saturated rings. The normalized spacial score (nSPS) is 33.4. The van der Waals surface area contributed by atoms with Crippen LogP contribution in [-0.2, 0) is 4.79 Å². The van der Waals surface area contributed by atoms with Crippen molar-refractivity contribution < 1.29 is 9.18 Å². The van der Waals surface area contributed by atoms with Crippen molar-refractivity contribution in [3.05, 3.63) is 35.6 Å². The molecule has 1 aromatic rings. The smallest absolute Gasteiger partial charge is 0.137 e. The van der Waals surface area contributed by atoms with Crippen molar-refractivity contribution in [3.8, 4) is 0 Å². The van der Waals surface area contributed by atoms with Gasteiger partial charge in [0.2, 0.25) is 0 Å². The molecule has 2 aliphatic rings. The fourth-order valence-electron chi connectivity index (χ4n) is 3.79. The quantitative estimate of drug-likeness (QED) is 0.906. The first kappa shape index (κ1) is 12.8. The molecule has 19 heavy (non-hydrogen) atoms. The molecule has 1 N–H and O–H groups in total. The van der Waals surface area contributed by atoms with Crippen LogP contribution in [-0.4, -0.2) is 17.9 Å². The largest absolute Gasteiger partial charge is 0.310 e. The molecule has 0 radical (unpaired) electrons. The Balaban J connectivity index is 1.92. The second-order valence-electron chi connectivity index (χ2n) is 5.79. The van der Waals surface area contributed by atoms with Gasteiger partial charge in [0.15, 0.2) is 0 Å². The summed E-state index contributed by atoms with van der Waals surface area (Å²) in [6, 6.07) is 7.56. The Labute approximate surface area is 113 Å². The van der Waals surface area contributed by atoms with Crippen LogP contribution in [0.15, 0.2) is 24.3 Å². The lowest BCUT2D eigenvalue weighted by Gasteiger charge is -2.37. The third-order valence-electron chi connectivity index (χ3n) is 4.70. The maximum atomic E-state index is 13.1. The van der Waals surface area contributed by atoms with Crippen molar-refractivity contribution in [2.45, 2.75) is 50.6 Å². The predicted molar refractivity (Wildman–Crippen MR) is 72.5 cm³/mol. The monoisotopic (exact) mass is 261 g/mol. The highest BCUT2D eigenvalue weighted by molar-refractivity contribution is 5.82. The van der Waals surface area contributed by atoms with Crippen molar-refractivity contribution in [3.63, 3.8) is 0 Å². The van der Waals surface area contributed by atoms with E-state index in [1.165, 1.54) is 12.1 Å². The lowest BCUT2D eigenvalue weighted by Crippen LogP contribution is -2.47. The highest BCUT2D eigenvalue weighted by atomic mass is 19.1. The molecule has 3 rings (SSSR count). The maximum absolute atomic E-state index is 13.1. The summed E-state index contributed by atoms with van der Waals surface area (Å²) in [4.78, 5) is 12.3. The van der Waals surface area contributed by atoms with E-state index < -0.39 is 0 Å². The zero-order valence-electron chi connectivity index (χ0n) is 11.2. The molecule has 0 amide bonds. The third-order valence-corrected chi connectivity index (χ3v) is 4.70. The van der Waals surface area contributed by atoms with Crippen LogP contribution >= 0.6 is 0 Å². The van der Waals surface area contributed by atoms with Gasteiger partial charge in [-0.15, -0.1) is 0 Å². The molecular weight excluding hydrogens is 241 g/mol. The van der Waals surface area contributed by atoms with Gasteiger partial charge in [-0.1, -0.05) is 19.1 Å². The van der Waals surface area contributed by atoms with Crippen LogP contribution in [0.2, 0.25) is 0 Å². The van der Waals surface area contributed by atoms with E-state index in [9.17, 15) is 9.18 Å². The number of carbonyl (C=O) groups is 1. The maximum Gasteiger partial charge on any atom is 0.137 e. The number of Topliss-reactive ketones (excluding diaryl/α,β-unsaturated/α-hetero) is 1. The summed E-state index contributed by atoms with van der Waals surface area (Å²) in [5, 5.41) is 3.57. The first-order chi connectivity index (χ1) is 9.19. The van der Waals surface area contributed by atoms with Crippen LogP contribution in [0.3, 0.4) is 0 Å². The highest BCUT2D eigenvalue weighted by Crippen LogP contribution is 2.42. The van der Waals surface area contributed by atoms with Gasteiger partial charge in [0, 0.05) is 24.4 Å². The van der Waals surface area contributed by atoms with Crippen molar-refractivity contribution in [2.24, 2.45) is 5.92 Å². The first-order valence-corrected chi connectivity index (χ1v) is 7.23. The summed E-state index contributed by atoms with van der Waals surface area (Å²) in [5.74, 6) is 0.451. The van der Waals surface area contributed by atoms with Gasteiger partial charge >= 0.3 is 0 Å². The van der Waals surface area contributed by atoms with Gasteiger partial charge in [-0.2, -0.15) is 0 Å². The lowest BCUT2D eigenvalue weighted by atomic mass is 9.74. The second kappa shape index (κ2) is 5.04. The molecule has 4 atom stereocenters. The summed E-state index contributed by atoms with van der Waals surface area (Å²) in [5.41, 5.74) is 1.12. The van der Waals surface area contributed by atoms with Gasteiger partial charge in [0.25, 0.3) is 0 Å². The lowest BCUT2D eigenvalue weighted by molar-refractivity contribution is -0.124. The molecule has 0 saturated carbocycles. The second-order valence-corrected chi connectivity index (χ2v) is 5.79. The first-order valence-electron chi connectivity index (χ1n) is 7.23. The van der Waals surface area contributed by atoms with E-state index in [0.29, 0.717) is 24.3 Å². The molecule has 3 heteroatoms. The van der Waals surface area contributed by atoms with Gasteiger partial charge in [0.1, 0.15) is 11.6 Å². The van der Waals surface area contributed by atoms with E-state index in [1.807, 2.05) is 19.1 Å². The average Bonchev–Trinajstić information content (AvgIpc) is 2.80. The van der Waals surface area contributed by atoms with Crippen molar-refractivity contribution in [1.82, 2.24) is 5.32 Å². The molecule has 1 unspecified atom stereocenters. The fraction of sp³-hybridized carbons (Fsp3) is 0.562. The van der Waals surface area contributed by atoms with Gasteiger partial charge in [0.05, 0.1) is 0 Å². The highest BCUT2D eigenvalue weighted by Gasteiger charge is 2.44. The Kier molecular flexibility index (Phi) is 3.40. The van der Waals surface area contributed by atoms with Gasteiger partial charge in [-0.3, -0.25) is 4.79 Å². The summed E-state index contributed by atoms with van der Waals surface area (Å²) in [6.45, 7) is 1.94. The Morgan fingerprint density at radius 1 is 1.32 bits per heavy atom. The molecule has 1 aromatic carbocycles. The predicted octanol–water partition coefficient (Wildman–Crippen LogP) is 3.03. The van der Waals surface area contributed by atoms with Crippen molar-refractivity contribution >= 4 is 5.78 Å². The minimum absolute atomic E-state index is 0.0641. The van der Waals surface area contributed by atoms with Gasteiger partial charge in [-0.25, -0.2) is 4.39 Å². The number of piperidine rings is 1. The molecular formula is C16H20FNO. The molecule has 102 valence electrons. The molecule has 2 aliphatic heterocycles. The molecule has 0 aliphatic carbocycles.